The number of amides is 1. The van der Waals surface area contributed by atoms with Crippen LogP contribution in [0.5, 0.6) is 0 Å². The molecule has 17 heavy (non-hydrogen) atoms. The van der Waals surface area contributed by atoms with E-state index in [0.29, 0.717) is 0 Å². The first-order chi connectivity index (χ1) is 8.04. The standard InChI is InChI=1S/C14H29NO2/c1-4-5-6-7-8-9-10-11-12-14(2,3)13(16)15-17/h17H,4-12H2,1-3H3,(H,15,16). The maximum Gasteiger partial charge on any atom is 0.248 e. The van der Waals surface area contributed by atoms with Crippen LogP contribution in [0.15, 0.2) is 0 Å². The van der Waals surface area contributed by atoms with Gasteiger partial charge in [0.1, 0.15) is 0 Å². The Kier molecular flexibility index (Phi) is 9.14. The second-order valence-corrected chi connectivity index (χ2v) is 5.55. The summed E-state index contributed by atoms with van der Waals surface area (Å²) in [4.78, 5) is 11.3. The Morgan fingerprint density at radius 3 is 1.94 bits per heavy atom. The second-order valence-electron chi connectivity index (χ2n) is 5.55. The van der Waals surface area contributed by atoms with Crippen molar-refractivity contribution >= 4 is 5.91 Å². The Labute approximate surface area is 106 Å². The lowest BCUT2D eigenvalue weighted by atomic mass is 9.86. The molecule has 0 radical (unpaired) electrons. The average Bonchev–Trinajstić information content (AvgIpc) is 2.31. The van der Waals surface area contributed by atoms with E-state index in [9.17, 15) is 4.79 Å². The number of nitrogens with one attached hydrogen (secondary N) is 1. The van der Waals surface area contributed by atoms with Gasteiger partial charge in [-0.3, -0.25) is 10.0 Å². The summed E-state index contributed by atoms with van der Waals surface area (Å²) in [6.45, 7) is 5.98. The van der Waals surface area contributed by atoms with Gasteiger partial charge in [0.15, 0.2) is 0 Å². The zero-order chi connectivity index (χ0) is 13.1. The maximum absolute atomic E-state index is 11.3. The van der Waals surface area contributed by atoms with E-state index >= 15 is 0 Å². The third-order valence-corrected chi connectivity index (χ3v) is 3.37. The van der Waals surface area contributed by atoms with Gasteiger partial charge < -0.3 is 0 Å². The van der Waals surface area contributed by atoms with Crippen molar-refractivity contribution in [3.8, 4) is 0 Å². The number of hydrogen-bond acceptors (Lipinski definition) is 2. The molecule has 3 nitrogen and oxygen atoms in total. The van der Waals surface area contributed by atoms with Crippen molar-refractivity contribution in [3.63, 3.8) is 0 Å². The highest BCUT2D eigenvalue weighted by Gasteiger charge is 2.26. The van der Waals surface area contributed by atoms with Crippen molar-refractivity contribution < 1.29 is 10.0 Å². The van der Waals surface area contributed by atoms with Crippen LogP contribution in [0.3, 0.4) is 0 Å². The Morgan fingerprint density at radius 1 is 1.00 bits per heavy atom. The lowest BCUT2D eigenvalue weighted by Crippen LogP contribution is -2.34. The fourth-order valence-corrected chi connectivity index (χ4v) is 1.97. The molecule has 0 atom stereocenters. The molecule has 2 N–H and O–H groups in total. The van der Waals surface area contributed by atoms with Crippen LogP contribution in [0.25, 0.3) is 0 Å². The molecular formula is C14H29NO2. The summed E-state index contributed by atoms with van der Waals surface area (Å²) in [6.07, 6.45) is 11.0. The summed E-state index contributed by atoms with van der Waals surface area (Å²) in [5.74, 6) is -0.277. The van der Waals surface area contributed by atoms with E-state index in [2.05, 4.69) is 6.92 Å². The first kappa shape index (κ1) is 16.4. The molecule has 0 saturated carbocycles. The van der Waals surface area contributed by atoms with E-state index in [4.69, 9.17) is 5.21 Å². The summed E-state index contributed by atoms with van der Waals surface area (Å²) >= 11 is 0. The molecular weight excluding hydrogens is 214 g/mol. The minimum atomic E-state index is -0.447. The van der Waals surface area contributed by atoms with Crippen molar-refractivity contribution in [2.75, 3.05) is 0 Å². The first-order valence-electron chi connectivity index (χ1n) is 6.99. The number of hydroxylamine groups is 1. The molecule has 0 fully saturated rings. The minimum Gasteiger partial charge on any atom is -0.289 e. The van der Waals surface area contributed by atoms with Crippen LogP contribution in [0.2, 0.25) is 0 Å². The molecule has 0 aliphatic carbocycles. The summed E-state index contributed by atoms with van der Waals surface area (Å²) in [5, 5.41) is 8.59. The molecule has 0 aliphatic rings. The second kappa shape index (κ2) is 9.46. The monoisotopic (exact) mass is 243 g/mol. The van der Waals surface area contributed by atoms with Gasteiger partial charge >= 0.3 is 0 Å². The van der Waals surface area contributed by atoms with Crippen molar-refractivity contribution in [2.45, 2.75) is 78.6 Å². The van der Waals surface area contributed by atoms with Crippen LogP contribution in [0.1, 0.15) is 78.6 Å². The summed E-state index contributed by atoms with van der Waals surface area (Å²) in [6, 6.07) is 0. The van der Waals surface area contributed by atoms with Crippen molar-refractivity contribution in [2.24, 2.45) is 5.41 Å². The van der Waals surface area contributed by atoms with Crippen LogP contribution < -0.4 is 5.48 Å². The highest BCUT2D eigenvalue weighted by molar-refractivity contribution is 5.80. The number of rotatable bonds is 10. The molecule has 0 aromatic carbocycles. The number of unbranched alkanes of at least 4 members (excludes halogenated alkanes) is 7. The lowest BCUT2D eigenvalue weighted by Gasteiger charge is -2.21. The largest absolute Gasteiger partial charge is 0.289 e. The van der Waals surface area contributed by atoms with Crippen molar-refractivity contribution in [3.05, 3.63) is 0 Å². The molecule has 0 unspecified atom stereocenters. The zero-order valence-corrected chi connectivity index (χ0v) is 11.7. The minimum absolute atomic E-state index is 0.277. The predicted molar refractivity (Wildman–Crippen MR) is 70.9 cm³/mol. The van der Waals surface area contributed by atoms with E-state index in [1.54, 1.807) is 5.48 Å². The van der Waals surface area contributed by atoms with Crippen LogP contribution in [0.4, 0.5) is 0 Å². The van der Waals surface area contributed by atoms with Gasteiger partial charge in [-0.2, -0.15) is 0 Å². The van der Waals surface area contributed by atoms with Crippen LogP contribution in [-0.2, 0) is 4.79 Å². The van der Waals surface area contributed by atoms with Gasteiger partial charge in [0.2, 0.25) is 5.91 Å². The fourth-order valence-electron chi connectivity index (χ4n) is 1.97. The number of carbonyl (C=O) groups is 1. The molecule has 0 spiro atoms. The van der Waals surface area contributed by atoms with E-state index in [-0.39, 0.29) is 5.91 Å². The molecule has 102 valence electrons. The average molecular weight is 243 g/mol. The van der Waals surface area contributed by atoms with E-state index in [1.165, 1.54) is 44.9 Å². The SMILES string of the molecule is CCCCCCCCCCC(C)(C)C(=O)NO. The van der Waals surface area contributed by atoms with Crippen LogP contribution in [0, 0.1) is 5.41 Å². The Hall–Kier alpha value is -0.570. The van der Waals surface area contributed by atoms with Gasteiger partial charge in [0.25, 0.3) is 0 Å². The molecule has 0 rings (SSSR count). The highest BCUT2D eigenvalue weighted by atomic mass is 16.5. The summed E-state index contributed by atoms with van der Waals surface area (Å²) in [7, 11) is 0. The topological polar surface area (TPSA) is 49.3 Å². The number of hydrogen-bond donors (Lipinski definition) is 2. The summed E-state index contributed by atoms with van der Waals surface area (Å²) < 4.78 is 0. The molecule has 0 bridgehead atoms. The van der Waals surface area contributed by atoms with Gasteiger partial charge in [-0.1, -0.05) is 72.1 Å². The molecule has 0 aromatic rings. The Balaban J connectivity index is 3.42. The smallest absolute Gasteiger partial charge is 0.248 e. The number of carbonyl (C=O) groups excluding carboxylic acids is 1. The normalized spacial score (nSPS) is 11.5. The third-order valence-electron chi connectivity index (χ3n) is 3.37. The van der Waals surface area contributed by atoms with Gasteiger partial charge in [-0.05, 0) is 6.42 Å². The van der Waals surface area contributed by atoms with E-state index < -0.39 is 5.41 Å². The zero-order valence-electron chi connectivity index (χ0n) is 11.7. The van der Waals surface area contributed by atoms with E-state index in [1.807, 2.05) is 13.8 Å². The predicted octanol–water partition coefficient (Wildman–Crippen LogP) is 4.05. The van der Waals surface area contributed by atoms with Crippen LogP contribution in [-0.4, -0.2) is 11.1 Å². The van der Waals surface area contributed by atoms with Crippen molar-refractivity contribution in [1.29, 1.82) is 0 Å². The highest BCUT2D eigenvalue weighted by Crippen LogP contribution is 2.24. The molecule has 0 heterocycles. The quantitative estimate of drug-likeness (QED) is 0.345. The van der Waals surface area contributed by atoms with Crippen molar-refractivity contribution in [1.82, 2.24) is 5.48 Å². The fraction of sp³-hybridized carbons (Fsp3) is 0.929. The Bertz CT molecular complexity index is 202. The van der Waals surface area contributed by atoms with Gasteiger partial charge in [-0.15, -0.1) is 0 Å². The van der Waals surface area contributed by atoms with Gasteiger partial charge in [0, 0.05) is 5.41 Å². The molecule has 0 saturated heterocycles. The van der Waals surface area contributed by atoms with E-state index in [0.717, 1.165) is 12.8 Å². The molecule has 0 aliphatic heterocycles. The maximum atomic E-state index is 11.3. The Morgan fingerprint density at radius 2 is 1.47 bits per heavy atom. The molecule has 1 amide bonds. The van der Waals surface area contributed by atoms with Gasteiger partial charge in [0.05, 0.1) is 0 Å². The first-order valence-corrected chi connectivity index (χ1v) is 6.99. The van der Waals surface area contributed by atoms with Crippen LogP contribution >= 0.6 is 0 Å². The molecule has 0 aromatic heterocycles. The third kappa shape index (κ3) is 8.19. The lowest BCUT2D eigenvalue weighted by molar-refractivity contribution is -0.138. The van der Waals surface area contributed by atoms with Gasteiger partial charge in [-0.25, -0.2) is 5.48 Å². The summed E-state index contributed by atoms with van der Waals surface area (Å²) in [5.41, 5.74) is 1.29. The molecule has 3 heteroatoms.